The van der Waals surface area contributed by atoms with Gasteiger partial charge in [-0.15, -0.1) is 5.11 Å². The van der Waals surface area contributed by atoms with Gasteiger partial charge in [0, 0.05) is 4.47 Å². The fourth-order valence-corrected chi connectivity index (χ4v) is 1.44. The average Bonchev–Trinajstić information content (AvgIpc) is 2.30. The van der Waals surface area contributed by atoms with Gasteiger partial charge in [0.1, 0.15) is 0 Å². The van der Waals surface area contributed by atoms with Crippen LogP contribution in [-0.2, 0) is 0 Å². The zero-order valence-corrected chi connectivity index (χ0v) is 10.4. The molecule has 3 N–H and O–H groups in total. The molecule has 1 heterocycles. The third-order valence-corrected chi connectivity index (χ3v) is 2.52. The Hall–Kier alpha value is -2.22. The zero-order valence-electron chi connectivity index (χ0n) is 8.85. The first-order chi connectivity index (χ1) is 8.56. The number of rotatable bonds is 2. The molecular formula is C10H7BrN4O3. The first-order valence-electron chi connectivity index (χ1n) is 4.79. The van der Waals surface area contributed by atoms with Crippen molar-refractivity contribution in [3.63, 3.8) is 0 Å². The second-order valence-corrected chi connectivity index (χ2v) is 4.20. The van der Waals surface area contributed by atoms with Crippen molar-refractivity contribution in [2.75, 3.05) is 0 Å². The summed E-state index contributed by atoms with van der Waals surface area (Å²) in [6.07, 6.45) is 0. The van der Waals surface area contributed by atoms with Crippen LogP contribution in [-0.4, -0.2) is 15.1 Å². The molecule has 7 nitrogen and oxygen atoms in total. The molecule has 0 aliphatic carbocycles. The molecule has 0 radical (unpaired) electrons. The van der Waals surface area contributed by atoms with Crippen LogP contribution in [0.1, 0.15) is 0 Å². The van der Waals surface area contributed by atoms with Crippen LogP contribution in [0.2, 0.25) is 0 Å². The van der Waals surface area contributed by atoms with Gasteiger partial charge in [0.15, 0.2) is 0 Å². The number of halogens is 1. The minimum absolute atomic E-state index is 0.350. The molecule has 0 atom stereocenters. The molecule has 1 aromatic carbocycles. The third-order valence-electron chi connectivity index (χ3n) is 1.99. The highest BCUT2D eigenvalue weighted by molar-refractivity contribution is 9.10. The Kier molecular flexibility index (Phi) is 3.38. The summed E-state index contributed by atoms with van der Waals surface area (Å²) in [5.41, 5.74) is -1.46. The molecule has 0 saturated carbocycles. The van der Waals surface area contributed by atoms with E-state index in [2.05, 4.69) is 26.2 Å². The van der Waals surface area contributed by atoms with Gasteiger partial charge in [0.2, 0.25) is 11.6 Å². The van der Waals surface area contributed by atoms with E-state index in [0.29, 0.717) is 5.69 Å². The Morgan fingerprint density at radius 2 is 1.72 bits per heavy atom. The van der Waals surface area contributed by atoms with E-state index in [9.17, 15) is 14.7 Å². The number of hydrogen-bond acceptors (Lipinski definition) is 5. The Bertz CT molecular complexity index is 702. The number of nitrogens with one attached hydrogen (secondary N) is 2. The van der Waals surface area contributed by atoms with Crippen LogP contribution in [0.25, 0.3) is 0 Å². The van der Waals surface area contributed by atoms with E-state index in [1.165, 1.54) is 0 Å². The molecule has 0 aliphatic rings. The monoisotopic (exact) mass is 310 g/mol. The molecule has 0 fully saturated rings. The summed E-state index contributed by atoms with van der Waals surface area (Å²) in [5.74, 6) is -0.621. The lowest BCUT2D eigenvalue weighted by Crippen LogP contribution is -2.20. The fourth-order valence-electron chi connectivity index (χ4n) is 1.18. The molecule has 1 aromatic heterocycles. The van der Waals surface area contributed by atoms with Crippen molar-refractivity contribution in [3.05, 3.63) is 49.6 Å². The largest absolute Gasteiger partial charge is 0.493 e. The van der Waals surface area contributed by atoms with Crippen molar-refractivity contribution in [2.45, 2.75) is 0 Å². The molecule has 92 valence electrons. The summed E-state index contributed by atoms with van der Waals surface area (Å²) in [4.78, 5) is 26.1. The third kappa shape index (κ3) is 2.72. The summed E-state index contributed by atoms with van der Waals surface area (Å²) in [7, 11) is 0. The number of nitrogens with zero attached hydrogens (tertiary/aromatic N) is 2. The standard InChI is InChI=1S/C10H7BrN4O3/c11-5-1-3-6(4-2-5)14-15-7-8(16)12-10(18)13-9(7)17/h1-4H,(H3,12,13,16,17,18). The number of aromatic nitrogens is 2. The number of H-pyrrole nitrogens is 2. The molecule has 0 unspecified atom stereocenters. The topological polar surface area (TPSA) is 111 Å². The number of aromatic hydroxyl groups is 1. The van der Waals surface area contributed by atoms with Crippen LogP contribution >= 0.6 is 15.9 Å². The summed E-state index contributed by atoms with van der Waals surface area (Å²) < 4.78 is 0.881. The second kappa shape index (κ2) is 4.96. The molecular weight excluding hydrogens is 304 g/mol. The maximum absolute atomic E-state index is 11.3. The lowest BCUT2D eigenvalue weighted by Gasteiger charge is -1.95. The predicted octanol–water partition coefficient (Wildman–Crippen LogP) is 1.95. The molecule has 0 amide bonds. The molecule has 0 saturated heterocycles. The molecule has 8 heteroatoms. The maximum atomic E-state index is 11.3. The highest BCUT2D eigenvalue weighted by Crippen LogP contribution is 2.21. The van der Waals surface area contributed by atoms with Crippen molar-refractivity contribution >= 4 is 27.3 Å². The Morgan fingerprint density at radius 1 is 1.06 bits per heavy atom. The predicted molar refractivity (Wildman–Crippen MR) is 67.7 cm³/mol. The number of hydrogen-bond donors (Lipinski definition) is 3. The Balaban J connectivity index is 2.38. The van der Waals surface area contributed by atoms with Crippen LogP contribution in [0, 0.1) is 0 Å². The van der Waals surface area contributed by atoms with E-state index in [1.54, 1.807) is 24.3 Å². The van der Waals surface area contributed by atoms with Gasteiger partial charge >= 0.3 is 5.69 Å². The van der Waals surface area contributed by atoms with Gasteiger partial charge in [-0.1, -0.05) is 15.9 Å². The molecule has 18 heavy (non-hydrogen) atoms. The van der Waals surface area contributed by atoms with E-state index >= 15 is 0 Å². The fraction of sp³-hybridized carbons (Fsp3) is 0. The first-order valence-corrected chi connectivity index (χ1v) is 5.58. The van der Waals surface area contributed by atoms with Gasteiger partial charge in [-0.2, -0.15) is 5.11 Å². The molecule has 2 aromatic rings. The van der Waals surface area contributed by atoms with Crippen molar-refractivity contribution in [1.82, 2.24) is 9.97 Å². The van der Waals surface area contributed by atoms with E-state index in [0.717, 1.165) is 4.47 Å². The van der Waals surface area contributed by atoms with Crippen LogP contribution in [0.3, 0.4) is 0 Å². The van der Waals surface area contributed by atoms with Crippen LogP contribution in [0.15, 0.2) is 48.6 Å². The SMILES string of the molecule is O=c1[nH]c(O)c(N=Nc2ccc(Br)cc2)c(=O)[nH]1. The van der Waals surface area contributed by atoms with Gasteiger partial charge in [0.25, 0.3) is 5.56 Å². The summed E-state index contributed by atoms with van der Waals surface area (Å²) in [6.45, 7) is 0. The summed E-state index contributed by atoms with van der Waals surface area (Å²) in [5, 5.41) is 16.7. The van der Waals surface area contributed by atoms with Crippen LogP contribution in [0.4, 0.5) is 11.4 Å². The molecule has 0 aliphatic heterocycles. The number of benzene rings is 1. The van der Waals surface area contributed by atoms with Crippen molar-refractivity contribution in [2.24, 2.45) is 10.2 Å². The van der Waals surface area contributed by atoms with E-state index in [-0.39, 0.29) is 5.69 Å². The van der Waals surface area contributed by atoms with Crippen molar-refractivity contribution in [1.29, 1.82) is 0 Å². The summed E-state index contributed by atoms with van der Waals surface area (Å²) >= 11 is 3.27. The minimum Gasteiger partial charge on any atom is -0.493 e. The lowest BCUT2D eigenvalue weighted by molar-refractivity contribution is 0.450. The smallest absolute Gasteiger partial charge is 0.328 e. The van der Waals surface area contributed by atoms with Gasteiger partial charge in [-0.3, -0.25) is 14.8 Å². The van der Waals surface area contributed by atoms with Gasteiger partial charge in [0.05, 0.1) is 5.69 Å². The number of azo groups is 1. The van der Waals surface area contributed by atoms with Crippen LogP contribution < -0.4 is 11.2 Å². The lowest BCUT2D eigenvalue weighted by atomic mass is 10.3. The molecule has 0 bridgehead atoms. The Labute approximate surface area is 108 Å². The Morgan fingerprint density at radius 3 is 2.33 bits per heavy atom. The maximum Gasteiger partial charge on any atom is 0.328 e. The average molecular weight is 311 g/mol. The van der Waals surface area contributed by atoms with Gasteiger partial charge in [-0.25, -0.2) is 4.79 Å². The van der Waals surface area contributed by atoms with Crippen molar-refractivity contribution < 1.29 is 5.11 Å². The van der Waals surface area contributed by atoms with E-state index in [4.69, 9.17) is 0 Å². The quantitative estimate of drug-likeness (QED) is 0.737. The van der Waals surface area contributed by atoms with Crippen LogP contribution in [0.5, 0.6) is 5.88 Å². The van der Waals surface area contributed by atoms with Gasteiger partial charge in [-0.05, 0) is 24.3 Å². The first kappa shape index (κ1) is 12.2. The normalized spacial score (nSPS) is 10.9. The van der Waals surface area contributed by atoms with Gasteiger partial charge < -0.3 is 5.11 Å². The summed E-state index contributed by atoms with van der Waals surface area (Å²) in [6, 6.07) is 6.85. The zero-order chi connectivity index (χ0) is 13.1. The minimum atomic E-state index is -0.808. The number of aromatic amines is 2. The van der Waals surface area contributed by atoms with E-state index < -0.39 is 17.1 Å². The molecule has 2 rings (SSSR count). The second-order valence-electron chi connectivity index (χ2n) is 3.28. The molecule has 0 spiro atoms. The van der Waals surface area contributed by atoms with E-state index in [1.807, 2.05) is 9.97 Å². The van der Waals surface area contributed by atoms with Crippen molar-refractivity contribution in [3.8, 4) is 5.88 Å². The highest BCUT2D eigenvalue weighted by atomic mass is 79.9. The highest BCUT2D eigenvalue weighted by Gasteiger charge is 2.06.